The number of benzene rings is 1. The summed E-state index contributed by atoms with van der Waals surface area (Å²) < 4.78 is 5.37. The number of morpholine rings is 1. The van der Waals surface area contributed by atoms with Crippen molar-refractivity contribution in [3.05, 3.63) is 58.7 Å². The predicted octanol–water partition coefficient (Wildman–Crippen LogP) is 2.46. The van der Waals surface area contributed by atoms with Crippen molar-refractivity contribution in [2.75, 3.05) is 31.2 Å². The molecular formula is C21H25ClN4O3. The third-order valence-corrected chi connectivity index (χ3v) is 4.93. The van der Waals surface area contributed by atoms with Crippen LogP contribution in [0.2, 0.25) is 5.02 Å². The summed E-state index contributed by atoms with van der Waals surface area (Å²) in [5, 5.41) is 6.36. The Hall–Kier alpha value is -2.64. The van der Waals surface area contributed by atoms with Crippen molar-refractivity contribution in [3.63, 3.8) is 0 Å². The van der Waals surface area contributed by atoms with E-state index in [0.717, 1.165) is 30.0 Å². The highest BCUT2D eigenvalue weighted by molar-refractivity contribution is 6.30. The number of ether oxygens (including phenoxy) is 1. The maximum absolute atomic E-state index is 12.5. The fourth-order valence-corrected chi connectivity index (χ4v) is 3.31. The van der Waals surface area contributed by atoms with Gasteiger partial charge in [0.1, 0.15) is 5.82 Å². The highest BCUT2D eigenvalue weighted by Crippen LogP contribution is 2.20. The summed E-state index contributed by atoms with van der Waals surface area (Å²) in [7, 11) is 0. The lowest BCUT2D eigenvalue weighted by molar-refractivity contribution is -0.122. The van der Waals surface area contributed by atoms with Crippen LogP contribution in [0.4, 0.5) is 5.82 Å². The van der Waals surface area contributed by atoms with Crippen LogP contribution in [0.15, 0.2) is 42.6 Å². The Labute approximate surface area is 175 Å². The minimum absolute atomic E-state index is 0.141. The number of pyridine rings is 1. The minimum atomic E-state index is -0.411. The third-order valence-electron chi connectivity index (χ3n) is 4.67. The summed E-state index contributed by atoms with van der Waals surface area (Å²) in [6.45, 7) is 4.83. The molecule has 7 nitrogen and oxygen atoms in total. The molecule has 0 aliphatic carbocycles. The highest BCUT2D eigenvalue weighted by Gasteiger charge is 2.17. The molecule has 1 unspecified atom stereocenters. The van der Waals surface area contributed by atoms with Gasteiger partial charge in [-0.15, -0.1) is 0 Å². The monoisotopic (exact) mass is 416 g/mol. The smallest absolute Gasteiger partial charge is 0.222 e. The Bertz CT molecular complexity index is 838. The van der Waals surface area contributed by atoms with Crippen LogP contribution in [0.3, 0.4) is 0 Å². The van der Waals surface area contributed by atoms with Gasteiger partial charge in [0.05, 0.1) is 25.7 Å². The lowest BCUT2D eigenvalue weighted by Gasteiger charge is -2.28. The fraction of sp³-hybridized carbons (Fsp3) is 0.381. The second-order valence-corrected chi connectivity index (χ2v) is 7.34. The van der Waals surface area contributed by atoms with Gasteiger partial charge in [-0.05, 0) is 35.4 Å². The number of rotatable bonds is 7. The molecule has 2 aromatic rings. The molecule has 1 atom stereocenters. The van der Waals surface area contributed by atoms with Gasteiger partial charge in [-0.3, -0.25) is 9.59 Å². The zero-order valence-corrected chi connectivity index (χ0v) is 17.1. The maximum atomic E-state index is 12.5. The minimum Gasteiger partial charge on any atom is -0.378 e. The molecule has 0 spiro atoms. The van der Waals surface area contributed by atoms with Crippen LogP contribution in [-0.4, -0.2) is 43.1 Å². The van der Waals surface area contributed by atoms with Crippen LogP contribution in [0.5, 0.6) is 0 Å². The number of hydrogen-bond donors (Lipinski definition) is 2. The largest absolute Gasteiger partial charge is 0.378 e. The predicted molar refractivity (Wildman–Crippen MR) is 112 cm³/mol. The fourth-order valence-electron chi connectivity index (χ4n) is 3.19. The molecule has 1 aromatic carbocycles. The van der Waals surface area contributed by atoms with E-state index in [1.807, 2.05) is 24.3 Å². The highest BCUT2D eigenvalue weighted by atomic mass is 35.5. The molecule has 1 aliphatic rings. The van der Waals surface area contributed by atoms with Gasteiger partial charge in [0.25, 0.3) is 0 Å². The molecular weight excluding hydrogens is 392 g/mol. The molecule has 2 N–H and O–H groups in total. The Balaban J connectivity index is 1.58. The second kappa shape index (κ2) is 10.2. The van der Waals surface area contributed by atoms with Gasteiger partial charge >= 0.3 is 0 Å². The van der Waals surface area contributed by atoms with Crippen LogP contribution in [0.1, 0.15) is 30.5 Å². The zero-order chi connectivity index (χ0) is 20.6. The van der Waals surface area contributed by atoms with E-state index in [0.29, 0.717) is 24.8 Å². The Morgan fingerprint density at radius 2 is 1.93 bits per heavy atom. The van der Waals surface area contributed by atoms with E-state index >= 15 is 0 Å². The number of hydrogen-bond acceptors (Lipinski definition) is 5. The van der Waals surface area contributed by atoms with E-state index in [1.165, 1.54) is 6.92 Å². The molecule has 1 saturated heterocycles. The number of halogens is 1. The van der Waals surface area contributed by atoms with Crippen molar-refractivity contribution in [3.8, 4) is 0 Å². The normalized spacial score (nSPS) is 14.9. The van der Waals surface area contributed by atoms with Crippen LogP contribution in [0, 0.1) is 0 Å². The van der Waals surface area contributed by atoms with Gasteiger partial charge in [-0.2, -0.15) is 0 Å². The van der Waals surface area contributed by atoms with Crippen molar-refractivity contribution in [2.45, 2.75) is 25.9 Å². The molecule has 29 heavy (non-hydrogen) atoms. The van der Waals surface area contributed by atoms with Crippen molar-refractivity contribution in [1.29, 1.82) is 0 Å². The van der Waals surface area contributed by atoms with Crippen LogP contribution in [0.25, 0.3) is 0 Å². The zero-order valence-electron chi connectivity index (χ0n) is 16.4. The van der Waals surface area contributed by atoms with Crippen molar-refractivity contribution < 1.29 is 14.3 Å². The maximum Gasteiger partial charge on any atom is 0.222 e. The first-order valence-corrected chi connectivity index (χ1v) is 9.96. The van der Waals surface area contributed by atoms with Crippen molar-refractivity contribution in [2.24, 2.45) is 0 Å². The van der Waals surface area contributed by atoms with Crippen LogP contribution >= 0.6 is 11.6 Å². The number of carbonyl (C=O) groups excluding carboxylic acids is 2. The molecule has 154 valence electrons. The molecule has 2 amide bonds. The van der Waals surface area contributed by atoms with E-state index in [2.05, 4.69) is 20.5 Å². The van der Waals surface area contributed by atoms with Gasteiger partial charge < -0.3 is 20.3 Å². The molecule has 2 heterocycles. The second-order valence-electron chi connectivity index (χ2n) is 6.91. The molecule has 3 rings (SSSR count). The first kappa shape index (κ1) is 21.1. The first-order chi connectivity index (χ1) is 14.0. The standard InChI is InChI=1S/C21H25ClN4O3/c1-15(27)25-19(17-2-4-18(22)5-3-17)13-21(28)24-14-16-6-7-23-20(12-16)26-8-10-29-11-9-26/h2-7,12,19H,8-11,13-14H2,1H3,(H,24,28)(H,25,27). The van der Waals surface area contributed by atoms with Crippen LogP contribution in [-0.2, 0) is 20.9 Å². The van der Waals surface area contributed by atoms with Gasteiger partial charge in [-0.1, -0.05) is 23.7 Å². The first-order valence-electron chi connectivity index (χ1n) is 9.58. The summed E-state index contributed by atoms with van der Waals surface area (Å²) in [6.07, 6.45) is 1.89. The Morgan fingerprint density at radius 1 is 1.21 bits per heavy atom. The summed E-state index contributed by atoms with van der Waals surface area (Å²) in [5.74, 6) is 0.544. The lowest BCUT2D eigenvalue weighted by atomic mass is 10.0. The SMILES string of the molecule is CC(=O)NC(CC(=O)NCc1ccnc(N2CCOCC2)c1)c1ccc(Cl)cc1. The quantitative estimate of drug-likeness (QED) is 0.724. The number of nitrogens with zero attached hydrogens (tertiary/aromatic N) is 2. The van der Waals surface area contributed by atoms with Crippen molar-refractivity contribution >= 4 is 29.2 Å². The van der Waals surface area contributed by atoms with Gasteiger partial charge in [0.2, 0.25) is 11.8 Å². The lowest BCUT2D eigenvalue weighted by Crippen LogP contribution is -2.36. The molecule has 0 saturated carbocycles. The number of carbonyl (C=O) groups is 2. The Kier molecular flexibility index (Phi) is 7.43. The summed E-state index contributed by atoms with van der Waals surface area (Å²) >= 11 is 5.93. The van der Waals surface area contributed by atoms with Gasteiger partial charge in [0.15, 0.2) is 0 Å². The number of aromatic nitrogens is 1. The van der Waals surface area contributed by atoms with E-state index in [-0.39, 0.29) is 18.2 Å². The van der Waals surface area contributed by atoms with E-state index < -0.39 is 6.04 Å². The number of anilines is 1. The van der Waals surface area contributed by atoms with E-state index in [1.54, 1.807) is 18.3 Å². The molecule has 0 radical (unpaired) electrons. The summed E-state index contributed by atoms with van der Waals surface area (Å²) in [6, 6.07) is 10.6. The third kappa shape index (κ3) is 6.44. The van der Waals surface area contributed by atoms with Gasteiger partial charge in [-0.25, -0.2) is 4.98 Å². The molecule has 1 fully saturated rings. The topological polar surface area (TPSA) is 83.6 Å². The summed E-state index contributed by atoms with van der Waals surface area (Å²) in [5.41, 5.74) is 1.80. The van der Waals surface area contributed by atoms with Gasteiger partial charge in [0, 0.05) is 37.8 Å². The number of nitrogens with one attached hydrogen (secondary N) is 2. The van der Waals surface area contributed by atoms with E-state index in [9.17, 15) is 9.59 Å². The molecule has 1 aromatic heterocycles. The van der Waals surface area contributed by atoms with Crippen molar-refractivity contribution in [1.82, 2.24) is 15.6 Å². The number of amides is 2. The molecule has 8 heteroatoms. The van der Waals surface area contributed by atoms with Crippen LogP contribution < -0.4 is 15.5 Å². The average molecular weight is 417 g/mol. The van der Waals surface area contributed by atoms with E-state index in [4.69, 9.17) is 16.3 Å². The molecule has 1 aliphatic heterocycles. The molecule has 0 bridgehead atoms. The summed E-state index contributed by atoms with van der Waals surface area (Å²) in [4.78, 5) is 30.6. The average Bonchev–Trinajstić information content (AvgIpc) is 2.73. The Morgan fingerprint density at radius 3 is 2.62 bits per heavy atom.